The summed E-state index contributed by atoms with van der Waals surface area (Å²) in [6.07, 6.45) is 0. The monoisotopic (exact) mass is 343 g/mol. The van der Waals surface area contributed by atoms with Crippen molar-refractivity contribution in [3.05, 3.63) is 59.2 Å². The summed E-state index contributed by atoms with van der Waals surface area (Å²) in [6, 6.07) is 11.9. The van der Waals surface area contributed by atoms with E-state index in [9.17, 15) is 9.59 Å². The van der Waals surface area contributed by atoms with Gasteiger partial charge in [-0.3, -0.25) is 0 Å². The number of carboxylic acids is 2. The topological polar surface area (TPSA) is 87.1 Å². The van der Waals surface area contributed by atoms with E-state index >= 15 is 0 Å². The van der Waals surface area contributed by atoms with Gasteiger partial charge in [0.15, 0.2) is 0 Å². The standard InChI is InChI=1S/C19H21NO5/c1-3-20(16-6-4-5-13(2)9-16)7-8-25-17-11-14(18(21)22)10-15(12-17)19(23)24/h4-6,9-12H,3,7-8H2,1-2H3,(H,21,22)(H,23,24). The molecule has 2 N–H and O–H groups in total. The maximum atomic E-state index is 11.1. The van der Waals surface area contributed by atoms with Crippen molar-refractivity contribution >= 4 is 17.6 Å². The molecule has 2 rings (SSSR count). The average molecular weight is 343 g/mol. The Hall–Kier alpha value is -3.02. The third-order valence-corrected chi connectivity index (χ3v) is 3.78. The Morgan fingerprint density at radius 1 is 1.04 bits per heavy atom. The summed E-state index contributed by atoms with van der Waals surface area (Å²) < 4.78 is 5.60. The van der Waals surface area contributed by atoms with E-state index in [0.29, 0.717) is 13.2 Å². The van der Waals surface area contributed by atoms with E-state index in [1.165, 1.54) is 12.1 Å². The lowest BCUT2D eigenvalue weighted by atomic mass is 10.1. The van der Waals surface area contributed by atoms with Crippen molar-refractivity contribution in [2.45, 2.75) is 13.8 Å². The third kappa shape index (κ3) is 4.97. The van der Waals surface area contributed by atoms with Gasteiger partial charge in [0.25, 0.3) is 0 Å². The van der Waals surface area contributed by atoms with Crippen LogP contribution in [0.3, 0.4) is 0 Å². The van der Waals surface area contributed by atoms with E-state index in [1.807, 2.05) is 32.0 Å². The number of carbonyl (C=O) groups is 2. The van der Waals surface area contributed by atoms with Crippen molar-refractivity contribution < 1.29 is 24.5 Å². The van der Waals surface area contributed by atoms with E-state index in [2.05, 4.69) is 11.0 Å². The summed E-state index contributed by atoms with van der Waals surface area (Å²) in [5.74, 6) is -2.15. The van der Waals surface area contributed by atoms with E-state index < -0.39 is 11.9 Å². The van der Waals surface area contributed by atoms with Crippen LogP contribution in [0.2, 0.25) is 0 Å². The molecule has 2 aromatic carbocycles. The normalized spacial score (nSPS) is 10.3. The Morgan fingerprint density at radius 2 is 1.68 bits per heavy atom. The second-order valence-electron chi connectivity index (χ2n) is 5.62. The van der Waals surface area contributed by atoms with Gasteiger partial charge in [-0.15, -0.1) is 0 Å². The molecule has 0 atom stereocenters. The molecule has 0 amide bonds. The van der Waals surface area contributed by atoms with Gasteiger partial charge in [0.05, 0.1) is 17.7 Å². The smallest absolute Gasteiger partial charge is 0.335 e. The van der Waals surface area contributed by atoms with Gasteiger partial charge in [0.2, 0.25) is 0 Å². The lowest BCUT2D eigenvalue weighted by Gasteiger charge is -2.23. The first-order valence-corrected chi connectivity index (χ1v) is 7.96. The average Bonchev–Trinajstić information content (AvgIpc) is 2.58. The van der Waals surface area contributed by atoms with Crippen LogP contribution in [0.5, 0.6) is 5.75 Å². The molecule has 0 aliphatic rings. The molecule has 0 spiro atoms. The number of anilines is 1. The summed E-state index contributed by atoms with van der Waals surface area (Å²) in [4.78, 5) is 24.4. The Bertz CT molecular complexity index is 740. The molecular formula is C19H21NO5. The van der Waals surface area contributed by atoms with Gasteiger partial charge in [-0.25, -0.2) is 9.59 Å². The Balaban J connectivity index is 2.07. The molecule has 0 aliphatic carbocycles. The predicted molar refractivity (Wildman–Crippen MR) is 94.9 cm³/mol. The maximum Gasteiger partial charge on any atom is 0.335 e. The van der Waals surface area contributed by atoms with Crippen molar-refractivity contribution in [1.82, 2.24) is 0 Å². The molecule has 0 saturated heterocycles. The minimum Gasteiger partial charge on any atom is -0.492 e. The Morgan fingerprint density at radius 3 is 2.20 bits per heavy atom. The van der Waals surface area contributed by atoms with Crippen LogP contribution in [-0.2, 0) is 0 Å². The van der Waals surface area contributed by atoms with E-state index in [4.69, 9.17) is 14.9 Å². The lowest BCUT2D eigenvalue weighted by Crippen LogP contribution is -2.28. The second kappa shape index (κ2) is 8.19. The summed E-state index contributed by atoms with van der Waals surface area (Å²) in [7, 11) is 0. The van der Waals surface area contributed by atoms with Crippen molar-refractivity contribution in [3.63, 3.8) is 0 Å². The fourth-order valence-electron chi connectivity index (χ4n) is 2.50. The van der Waals surface area contributed by atoms with Crippen LogP contribution in [0.25, 0.3) is 0 Å². The highest BCUT2D eigenvalue weighted by molar-refractivity contribution is 5.94. The highest BCUT2D eigenvalue weighted by atomic mass is 16.5. The zero-order valence-corrected chi connectivity index (χ0v) is 14.2. The van der Waals surface area contributed by atoms with Crippen LogP contribution < -0.4 is 9.64 Å². The summed E-state index contributed by atoms with van der Waals surface area (Å²) >= 11 is 0. The minimum absolute atomic E-state index is 0.110. The molecule has 0 aromatic heterocycles. The SMILES string of the molecule is CCN(CCOc1cc(C(=O)O)cc(C(=O)O)c1)c1cccc(C)c1. The van der Waals surface area contributed by atoms with Crippen molar-refractivity contribution in [1.29, 1.82) is 0 Å². The zero-order chi connectivity index (χ0) is 18.4. The van der Waals surface area contributed by atoms with E-state index in [-0.39, 0.29) is 16.9 Å². The number of aryl methyl sites for hydroxylation is 1. The number of ether oxygens (including phenoxy) is 1. The number of rotatable bonds is 8. The van der Waals surface area contributed by atoms with Gasteiger partial charge in [-0.2, -0.15) is 0 Å². The molecule has 0 unspecified atom stereocenters. The van der Waals surface area contributed by atoms with Gasteiger partial charge >= 0.3 is 11.9 Å². The fourth-order valence-corrected chi connectivity index (χ4v) is 2.50. The quantitative estimate of drug-likeness (QED) is 0.765. The zero-order valence-electron chi connectivity index (χ0n) is 14.2. The molecule has 6 heteroatoms. The highest BCUT2D eigenvalue weighted by Gasteiger charge is 2.12. The number of aromatic carboxylic acids is 2. The van der Waals surface area contributed by atoms with Crippen LogP contribution >= 0.6 is 0 Å². The number of hydrogen-bond acceptors (Lipinski definition) is 4. The Labute approximate surface area is 146 Å². The van der Waals surface area contributed by atoms with Gasteiger partial charge in [-0.1, -0.05) is 12.1 Å². The number of hydrogen-bond donors (Lipinski definition) is 2. The third-order valence-electron chi connectivity index (χ3n) is 3.78. The molecule has 6 nitrogen and oxygen atoms in total. The molecule has 132 valence electrons. The number of nitrogens with zero attached hydrogens (tertiary/aromatic N) is 1. The van der Waals surface area contributed by atoms with E-state index in [0.717, 1.165) is 23.9 Å². The fraction of sp³-hybridized carbons (Fsp3) is 0.263. The molecule has 0 saturated carbocycles. The molecule has 0 fully saturated rings. The summed E-state index contributed by atoms with van der Waals surface area (Å²) in [6.45, 7) is 5.76. The van der Waals surface area contributed by atoms with Crippen LogP contribution in [-0.4, -0.2) is 41.8 Å². The van der Waals surface area contributed by atoms with Crippen LogP contribution in [0, 0.1) is 6.92 Å². The van der Waals surface area contributed by atoms with Crippen molar-refractivity contribution in [2.24, 2.45) is 0 Å². The predicted octanol–water partition coefficient (Wildman–Crippen LogP) is 3.30. The molecular weight excluding hydrogens is 322 g/mol. The second-order valence-corrected chi connectivity index (χ2v) is 5.62. The molecule has 0 heterocycles. The number of carboxylic acid groups (broad SMARTS) is 2. The summed E-state index contributed by atoms with van der Waals surface area (Å²) in [5, 5.41) is 18.2. The lowest BCUT2D eigenvalue weighted by molar-refractivity contribution is 0.0696. The maximum absolute atomic E-state index is 11.1. The van der Waals surface area contributed by atoms with Gasteiger partial charge in [0, 0.05) is 12.2 Å². The first-order chi connectivity index (χ1) is 11.9. The molecule has 0 radical (unpaired) electrons. The van der Waals surface area contributed by atoms with Gasteiger partial charge < -0.3 is 19.8 Å². The van der Waals surface area contributed by atoms with Crippen LogP contribution in [0.1, 0.15) is 33.2 Å². The molecule has 0 bridgehead atoms. The number of benzene rings is 2. The Kier molecular flexibility index (Phi) is 6.00. The van der Waals surface area contributed by atoms with Crippen LogP contribution in [0.4, 0.5) is 5.69 Å². The van der Waals surface area contributed by atoms with Gasteiger partial charge in [-0.05, 0) is 49.7 Å². The van der Waals surface area contributed by atoms with Crippen molar-refractivity contribution in [2.75, 3.05) is 24.6 Å². The largest absolute Gasteiger partial charge is 0.492 e. The van der Waals surface area contributed by atoms with Gasteiger partial charge in [0.1, 0.15) is 12.4 Å². The first kappa shape index (κ1) is 18.3. The van der Waals surface area contributed by atoms with Crippen molar-refractivity contribution in [3.8, 4) is 5.75 Å². The molecule has 25 heavy (non-hydrogen) atoms. The summed E-state index contributed by atoms with van der Waals surface area (Å²) in [5.41, 5.74) is 2.02. The first-order valence-electron chi connectivity index (χ1n) is 7.96. The van der Waals surface area contributed by atoms with E-state index in [1.54, 1.807) is 0 Å². The minimum atomic E-state index is -1.19. The molecule has 2 aromatic rings. The van der Waals surface area contributed by atoms with Crippen LogP contribution in [0.15, 0.2) is 42.5 Å². The molecule has 0 aliphatic heterocycles. The highest BCUT2D eigenvalue weighted by Crippen LogP contribution is 2.19. The number of likely N-dealkylation sites (N-methyl/N-ethyl adjacent to an activating group) is 1.